The van der Waals surface area contributed by atoms with Gasteiger partial charge < -0.3 is 15.0 Å². The molecule has 0 saturated carbocycles. The summed E-state index contributed by atoms with van der Waals surface area (Å²) in [7, 11) is 0. The Morgan fingerprint density at radius 1 is 0.889 bits per heavy atom. The van der Waals surface area contributed by atoms with Crippen LogP contribution >= 0.6 is 0 Å². The van der Waals surface area contributed by atoms with Crippen molar-refractivity contribution in [3.63, 3.8) is 0 Å². The van der Waals surface area contributed by atoms with Gasteiger partial charge >= 0.3 is 6.18 Å². The van der Waals surface area contributed by atoms with Crippen LogP contribution in [0.25, 0.3) is 0 Å². The standard InChI is InChI=1S/C19H13F3N2O3/c20-19(21,22)16-11-10-15(18(26)24-16)17(25)23-12-6-8-14(9-7-12)27-13-4-2-1-3-5-13/h1-11H,(H,23,25)(H,24,26). The second-order valence-corrected chi connectivity index (χ2v) is 5.51. The van der Waals surface area contributed by atoms with E-state index in [1.165, 1.54) is 0 Å². The molecule has 0 radical (unpaired) electrons. The zero-order valence-electron chi connectivity index (χ0n) is 13.7. The van der Waals surface area contributed by atoms with Crippen LogP contribution < -0.4 is 15.6 Å². The lowest BCUT2D eigenvalue weighted by Gasteiger charge is -2.09. The molecular weight excluding hydrogens is 361 g/mol. The second-order valence-electron chi connectivity index (χ2n) is 5.51. The molecule has 0 spiro atoms. The Bertz CT molecular complexity index is 997. The van der Waals surface area contributed by atoms with Gasteiger partial charge in [-0.25, -0.2) is 0 Å². The SMILES string of the molecule is O=C(Nc1ccc(Oc2ccccc2)cc1)c1ccc(C(F)(F)F)[nH]c1=O. The summed E-state index contributed by atoms with van der Waals surface area (Å²) in [5.74, 6) is 0.360. The van der Waals surface area contributed by atoms with Gasteiger partial charge in [0.1, 0.15) is 22.8 Å². The maximum absolute atomic E-state index is 12.6. The van der Waals surface area contributed by atoms with Crippen LogP contribution in [0, 0.1) is 0 Å². The predicted octanol–water partition coefficient (Wildman–Crippen LogP) is 4.44. The maximum atomic E-state index is 12.6. The Labute approximate surface area is 151 Å². The predicted molar refractivity (Wildman–Crippen MR) is 93.0 cm³/mol. The number of anilines is 1. The molecule has 1 heterocycles. The Balaban J connectivity index is 1.70. The summed E-state index contributed by atoms with van der Waals surface area (Å²) >= 11 is 0. The number of amides is 1. The molecule has 1 aromatic heterocycles. The van der Waals surface area contributed by atoms with Crippen molar-refractivity contribution in [1.29, 1.82) is 0 Å². The summed E-state index contributed by atoms with van der Waals surface area (Å²) in [6.45, 7) is 0. The van der Waals surface area contributed by atoms with Crippen LogP contribution in [0.3, 0.4) is 0 Å². The molecule has 0 atom stereocenters. The van der Waals surface area contributed by atoms with E-state index in [2.05, 4.69) is 5.32 Å². The number of aromatic amines is 1. The minimum atomic E-state index is -4.69. The number of hydrogen-bond acceptors (Lipinski definition) is 3. The van der Waals surface area contributed by atoms with Crippen LogP contribution in [0.5, 0.6) is 11.5 Å². The number of aromatic nitrogens is 1. The quantitative estimate of drug-likeness (QED) is 0.709. The van der Waals surface area contributed by atoms with Crippen LogP contribution in [0.1, 0.15) is 16.1 Å². The Kier molecular flexibility index (Phi) is 4.98. The smallest absolute Gasteiger partial charge is 0.431 e. The molecule has 138 valence electrons. The molecule has 0 unspecified atom stereocenters. The molecule has 2 aromatic carbocycles. The number of ether oxygens (including phenoxy) is 1. The first kappa shape index (κ1) is 18.2. The number of alkyl halides is 3. The van der Waals surface area contributed by atoms with E-state index >= 15 is 0 Å². The molecular formula is C19H13F3N2O3. The third kappa shape index (κ3) is 4.55. The van der Waals surface area contributed by atoms with Crippen LogP contribution in [-0.4, -0.2) is 10.9 Å². The van der Waals surface area contributed by atoms with Crippen LogP contribution in [0.4, 0.5) is 18.9 Å². The molecule has 0 bridgehead atoms. The fraction of sp³-hybridized carbons (Fsp3) is 0.0526. The normalized spacial score (nSPS) is 11.1. The van der Waals surface area contributed by atoms with Gasteiger partial charge in [0.25, 0.3) is 11.5 Å². The van der Waals surface area contributed by atoms with Crippen molar-refractivity contribution in [2.24, 2.45) is 0 Å². The van der Waals surface area contributed by atoms with E-state index < -0.39 is 28.9 Å². The van der Waals surface area contributed by atoms with E-state index in [1.54, 1.807) is 41.4 Å². The Morgan fingerprint density at radius 3 is 2.11 bits per heavy atom. The molecule has 0 fully saturated rings. The number of carbonyl (C=O) groups excluding carboxylic acids is 1. The van der Waals surface area contributed by atoms with Gasteiger partial charge in [0.15, 0.2) is 0 Å². The first-order chi connectivity index (χ1) is 12.8. The Hall–Kier alpha value is -3.55. The summed E-state index contributed by atoms with van der Waals surface area (Å²) in [5.41, 5.74) is -2.40. The Morgan fingerprint density at radius 2 is 1.52 bits per heavy atom. The number of halogens is 3. The number of H-pyrrole nitrogens is 1. The lowest BCUT2D eigenvalue weighted by atomic mass is 10.2. The topological polar surface area (TPSA) is 71.2 Å². The molecule has 3 rings (SSSR count). The van der Waals surface area contributed by atoms with E-state index in [0.717, 1.165) is 6.07 Å². The van der Waals surface area contributed by atoms with E-state index in [4.69, 9.17) is 4.74 Å². The minimum Gasteiger partial charge on any atom is -0.457 e. The molecule has 5 nitrogen and oxygen atoms in total. The molecule has 0 aliphatic heterocycles. The molecule has 3 aromatic rings. The molecule has 2 N–H and O–H groups in total. The third-order valence-electron chi connectivity index (χ3n) is 3.55. The zero-order chi connectivity index (χ0) is 19.4. The van der Waals surface area contributed by atoms with Crippen molar-refractivity contribution < 1.29 is 22.7 Å². The molecule has 0 saturated heterocycles. The number of hydrogen-bond donors (Lipinski definition) is 2. The minimum absolute atomic E-state index is 0.361. The van der Waals surface area contributed by atoms with Crippen molar-refractivity contribution >= 4 is 11.6 Å². The molecule has 1 amide bonds. The molecule has 27 heavy (non-hydrogen) atoms. The van der Waals surface area contributed by atoms with E-state index in [1.807, 2.05) is 18.2 Å². The van der Waals surface area contributed by atoms with Crippen molar-refractivity contribution in [1.82, 2.24) is 4.98 Å². The highest BCUT2D eigenvalue weighted by atomic mass is 19.4. The summed E-state index contributed by atoms with van der Waals surface area (Å²) < 4.78 is 43.3. The van der Waals surface area contributed by atoms with Crippen LogP contribution in [-0.2, 0) is 6.18 Å². The second kappa shape index (κ2) is 7.36. The van der Waals surface area contributed by atoms with Gasteiger partial charge in [0, 0.05) is 5.69 Å². The van der Waals surface area contributed by atoms with Crippen LogP contribution in [0.15, 0.2) is 71.5 Å². The average molecular weight is 374 g/mol. The lowest BCUT2D eigenvalue weighted by molar-refractivity contribution is -0.141. The molecule has 0 aliphatic carbocycles. The van der Waals surface area contributed by atoms with Crippen molar-refractivity contribution in [3.05, 3.63) is 88.3 Å². The average Bonchev–Trinajstić information content (AvgIpc) is 2.63. The highest BCUT2D eigenvalue weighted by Crippen LogP contribution is 2.26. The number of nitrogens with one attached hydrogen (secondary N) is 2. The van der Waals surface area contributed by atoms with Gasteiger partial charge in [-0.1, -0.05) is 18.2 Å². The van der Waals surface area contributed by atoms with Gasteiger partial charge in [-0.2, -0.15) is 13.2 Å². The van der Waals surface area contributed by atoms with Crippen LogP contribution in [0.2, 0.25) is 0 Å². The van der Waals surface area contributed by atoms with Gasteiger partial charge in [-0.15, -0.1) is 0 Å². The first-order valence-corrected chi connectivity index (χ1v) is 7.78. The number of benzene rings is 2. The van der Waals surface area contributed by atoms with Crippen molar-refractivity contribution in [3.8, 4) is 11.5 Å². The van der Waals surface area contributed by atoms with Gasteiger partial charge in [0.05, 0.1) is 0 Å². The first-order valence-electron chi connectivity index (χ1n) is 7.78. The summed E-state index contributed by atoms with van der Waals surface area (Å²) in [4.78, 5) is 25.5. The summed E-state index contributed by atoms with van der Waals surface area (Å²) in [5, 5.41) is 2.45. The monoisotopic (exact) mass is 374 g/mol. The summed E-state index contributed by atoms with van der Waals surface area (Å²) in [6, 6.07) is 16.9. The van der Waals surface area contributed by atoms with Gasteiger partial charge in [0.2, 0.25) is 0 Å². The molecule has 0 aliphatic rings. The fourth-order valence-corrected chi connectivity index (χ4v) is 2.25. The van der Waals surface area contributed by atoms with Crippen molar-refractivity contribution in [2.45, 2.75) is 6.18 Å². The van der Waals surface area contributed by atoms with E-state index in [0.29, 0.717) is 23.3 Å². The number of rotatable bonds is 4. The number of pyridine rings is 1. The van der Waals surface area contributed by atoms with Gasteiger partial charge in [-0.05, 0) is 48.5 Å². The fourth-order valence-electron chi connectivity index (χ4n) is 2.25. The highest BCUT2D eigenvalue weighted by Gasteiger charge is 2.32. The number of para-hydroxylation sites is 1. The largest absolute Gasteiger partial charge is 0.457 e. The van der Waals surface area contributed by atoms with E-state index in [9.17, 15) is 22.8 Å². The lowest BCUT2D eigenvalue weighted by Crippen LogP contribution is -2.25. The molecule has 8 heteroatoms. The van der Waals surface area contributed by atoms with Crippen molar-refractivity contribution in [2.75, 3.05) is 5.32 Å². The highest BCUT2D eigenvalue weighted by molar-refractivity contribution is 6.04. The maximum Gasteiger partial charge on any atom is 0.431 e. The zero-order valence-corrected chi connectivity index (χ0v) is 13.7. The third-order valence-corrected chi connectivity index (χ3v) is 3.55. The number of carbonyl (C=O) groups is 1. The van der Waals surface area contributed by atoms with Gasteiger partial charge in [-0.3, -0.25) is 9.59 Å². The summed E-state index contributed by atoms with van der Waals surface area (Å²) in [6.07, 6.45) is -4.69. The van der Waals surface area contributed by atoms with E-state index in [-0.39, 0.29) is 0 Å².